The fourth-order valence-electron chi connectivity index (χ4n) is 1.98. The molecule has 0 unspecified atom stereocenters. The smallest absolute Gasteiger partial charge is 0.251 e. The van der Waals surface area contributed by atoms with E-state index in [9.17, 15) is 4.79 Å². The van der Waals surface area contributed by atoms with Crippen LogP contribution in [0.5, 0.6) is 5.75 Å². The Labute approximate surface area is 130 Å². The third-order valence-electron chi connectivity index (χ3n) is 3.83. The van der Waals surface area contributed by atoms with E-state index in [1.54, 1.807) is 12.1 Å². The van der Waals surface area contributed by atoms with Crippen LogP contribution in [0.3, 0.4) is 0 Å². The zero-order valence-corrected chi connectivity index (χ0v) is 14.1. The van der Waals surface area contributed by atoms with Gasteiger partial charge in [0.25, 0.3) is 5.91 Å². The van der Waals surface area contributed by atoms with Crippen LogP contribution in [0.15, 0.2) is 24.3 Å². The van der Waals surface area contributed by atoms with Crippen molar-refractivity contribution in [2.45, 2.75) is 33.6 Å². The zero-order chi connectivity index (χ0) is 15.0. The number of amides is 1. The largest absolute Gasteiger partial charge is 0.494 e. The number of carbonyl (C=O) groups excluding carboxylic acids is 1. The number of halogens is 1. The van der Waals surface area contributed by atoms with Crippen LogP contribution in [-0.4, -0.2) is 24.4 Å². The molecule has 0 saturated heterocycles. The van der Waals surface area contributed by atoms with Gasteiger partial charge in [0.2, 0.25) is 0 Å². The summed E-state index contributed by atoms with van der Waals surface area (Å²) in [5.74, 6) is 0.765. The molecule has 0 aromatic heterocycles. The van der Waals surface area contributed by atoms with Crippen molar-refractivity contribution in [3.63, 3.8) is 0 Å². The number of hydrogen-bond acceptors (Lipinski definition) is 2. The van der Waals surface area contributed by atoms with Gasteiger partial charge in [-0.2, -0.15) is 0 Å². The summed E-state index contributed by atoms with van der Waals surface area (Å²) in [6.45, 7) is 7.58. The van der Waals surface area contributed by atoms with Gasteiger partial charge in [0.05, 0.1) is 6.61 Å². The van der Waals surface area contributed by atoms with Gasteiger partial charge in [-0.05, 0) is 49.4 Å². The first-order valence-corrected chi connectivity index (χ1v) is 8.30. The molecular weight excluding hydrogens is 318 g/mol. The molecule has 0 aliphatic heterocycles. The summed E-state index contributed by atoms with van der Waals surface area (Å²) in [4.78, 5) is 12.1. The summed E-state index contributed by atoms with van der Waals surface area (Å²) >= 11 is 3.56. The van der Waals surface area contributed by atoms with E-state index in [2.05, 4.69) is 35.1 Å². The number of hydrogen-bond donors (Lipinski definition) is 1. The minimum absolute atomic E-state index is 0.0275. The molecule has 0 atom stereocenters. The Bertz CT molecular complexity index is 405. The Hall–Kier alpha value is -1.03. The predicted molar refractivity (Wildman–Crippen MR) is 86.8 cm³/mol. The second kappa shape index (κ2) is 8.30. The summed E-state index contributed by atoms with van der Waals surface area (Å²) < 4.78 is 5.37. The van der Waals surface area contributed by atoms with Crippen LogP contribution in [0.2, 0.25) is 0 Å². The van der Waals surface area contributed by atoms with Crippen LogP contribution in [0.25, 0.3) is 0 Å². The molecule has 4 heteroatoms. The lowest BCUT2D eigenvalue weighted by atomic mass is 9.84. The monoisotopic (exact) mass is 341 g/mol. The van der Waals surface area contributed by atoms with E-state index >= 15 is 0 Å². The number of carbonyl (C=O) groups is 1. The second-order valence-electron chi connectivity index (χ2n) is 4.98. The Morgan fingerprint density at radius 3 is 2.25 bits per heavy atom. The standard InChI is InChI=1S/C16H24BrNO2/c1-4-16(5-2,11-17)12-18-15(19)13-7-9-14(10-8-13)20-6-3/h7-10H,4-6,11-12H2,1-3H3,(H,18,19). The highest BCUT2D eigenvalue weighted by Gasteiger charge is 2.25. The van der Waals surface area contributed by atoms with Crippen molar-refractivity contribution in [2.24, 2.45) is 5.41 Å². The minimum Gasteiger partial charge on any atom is -0.494 e. The average molecular weight is 342 g/mol. The minimum atomic E-state index is -0.0275. The average Bonchev–Trinajstić information content (AvgIpc) is 2.50. The van der Waals surface area contributed by atoms with Crippen molar-refractivity contribution in [1.82, 2.24) is 5.32 Å². The van der Waals surface area contributed by atoms with Gasteiger partial charge in [-0.15, -0.1) is 0 Å². The maximum absolute atomic E-state index is 12.1. The molecule has 0 saturated carbocycles. The van der Waals surface area contributed by atoms with Gasteiger partial charge in [-0.3, -0.25) is 4.79 Å². The Morgan fingerprint density at radius 2 is 1.80 bits per heavy atom. The summed E-state index contributed by atoms with van der Waals surface area (Å²) in [7, 11) is 0. The Balaban J connectivity index is 2.62. The lowest BCUT2D eigenvalue weighted by Gasteiger charge is -2.29. The number of benzene rings is 1. The van der Waals surface area contributed by atoms with E-state index in [1.807, 2.05) is 19.1 Å². The van der Waals surface area contributed by atoms with Crippen LogP contribution in [0.1, 0.15) is 44.0 Å². The van der Waals surface area contributed by atoms with Crippen LogP contribution in [0, 0.1) is 5.41 Å². The van der Waals surface area contributed by atoms with E-state index in [0.717, 1.165) is 23.9 Å². The molecule has 1 aromatic rings. The van der Waals surface area contributed by atoms with E-state index in [0.29, 0.717) is 18.7 Å². The first-order chi connectivity index (χ1) is 9.60. The second-order valence-corrected chi connectivity index (χ2v) is 5.54. The molecule has 0 radical (unpaired) electrons. The van der Waals surface area contributed by atoms with Crippen molar-refractivity contribution in [3.8, 4) is 5.75 Å². The van der Waals surface area contributed by atoms with Gasteiger partial charge in [0.1, 0.15) is 5.75 Å². The molecule has 20 heavy (non-hydrogen) atoms. The van der Waals surface area contributed by atoms with Crippen LogP contribution in [-0.2, 0) is 0 Å². The molecule has 0 bridgehead atoms. The first kappa shape index (κ1) is 17.0. The van der Waals surface area contributed by atoms with Gasteiger partial charge in [0, 0.05) is 17.4 Å². The molecule has 0 aliphatic carbocycles. The summed E-state index contributed by atoms with van der Waals surface area (Å²) in [5, 5.41) is 3.93. The number of nitrogens with one attached hydrogen (secondary N) is 1. The predicted octanol–water partition coefficient (Wildman–Crippen LogP) is 4.02. The SMILES string of the molecule is CCOc1ccc(C(=O)NCC(CC)(CC)CBr)cc1. The molecule has 112 valence electrons. The van der Waals surface area contributed by atoms with E-state index in [4.69, 9.17) is 4.74 Å². The van der Waals surface area contributed by atoms with Gasteiger partial charge >= 0.3 is 0 Å². The van der Waals surface area contributed by atoms with E-state index in [-0.39, 0.29) is 11.3 Å². The normalized spacial score (nSPS) is 11.2. The third-order valence-corrected chi connectivity index (χ3v) is 5.02. The molecule has 1 rings (SSSR count). The molecule has 1 amide bonds. The van der Waals surface area contributed by atoms with E-state index in [1.165, 1.54) is 0 Å². The van der Waals surface area contributed by atoms with Crippen molar-refractivity contribution in [2.75, 3.05) is 18.5 Å². The highest BCUT2D eigenvalue weighted by molar-refractivity contribution is 9.09. The number of ether oxygens (including phenoxy) is 1. The maximum Gasteiger partial charge on any atom is 0.251 e. The molecule has 1 aromatic carbocycles. The molecule has 0 heterocycles. The van der Waals surface area contributed by atoms with E-state index < -0.39 is 0 Å². The first-order valence-electron chi connectivity index (χ1n) is 7.17. The Kier molecular flexibility index (Phi) is 7.06. The lowest BCUT2D eigenvalue weighted by molar-refractivity contribution is 0.0932. The molecular formula is C16H24BrNO2. The van der Waals surface area contributed by atoms with Crippen molar-refractivity contribution < 1.29 is 9.53 Å². The molecule has 0 aliphatic rings. The molecule has 1 N–H and O–H groups in total. The van der Waals surface area contributed by atoms with Crippen molar-refractivity contribution in [3.05, 3.63) is 29.8 Å². The van der Waals surface area contributed by atoms with Gasteiger partial charge in [-0.1, -0.05) is 29.8 Å². The number of alkyl halides is 1. The third kappa shape index (κ3) is 4.51. The van der Waals surface area contributed by atoms with Gasteiger partial charge in [0.15, 0.2) is 0 Å². The Morgan fingerprint density at radius 1 is 1.20 bits per heavy atom. The highest BCUT2D eigenvalue weighted by Crippen LogP contribution is 2.27. The van der Waals surface area contributed by atoms with Gasteiger partial charge < -0.3 is 10.1 Å². The zero-order valence-electron chi connectivity index (χ0n) is 12.5. The summed E-state index contributed by atoms with van der Waals surface area (Å²) in [5.41, 5.74) is 0.810. The van der Waals surface area contributed by atoms with Crippen LogP contribution >= 0.6 is 15.9 Å². The molecule has 0 fully saturated rings. The topological polar surface area (TPSA) is 38.3 Å². The fraction of sp³-hybridized carbons (Fsp3) is 0.562. The van der Waals surface area contributed by atoms with Crippen molar-refractivity contribution >= 4 is 21.8 Å². The van der Waals surface area contributed by atoms with Gasteiger partial charge in [-0.25, -0.2) is 0 Å². The molecule has 0 spiro atoms. The highest BCUT2D eigenvalue weighted by atomic mass is 79.9. The molecule has 3 nitrogen and oxygen atoms in total. The maximum atomic E-state index is 12.1. The quantitative estimate of drug-likeness (QED) is 0.725. The number of rotatable bonds is 8. The fourth-order valence-corrected chi connectivity index (χ4v) is 2.97. The van der Waals surface area contributed by atoms with Crippen LogP contribution in [0.4, 0.5) is 0 Å². The lowest BCUT2D eigenvalue weighted by Crippen LogP contribution is -2.38. The summed E-state index contributed by atoms with van der Waals surface area (Å²) in [6.07, 6.45) is 2.08. The van der Waals surface area contributed by atoms with Crippen LogP contribution < -0.4 is 10.1 Å². The van der Waals surface area contributed by atoms with Crippen molar-refractivity contribution in [1.29, 1.82) is 0 Å². The summed E-state index contributed by atoms with van der Waals surface area (Å²) in [6, 6.07) is 7.26.